The summed E-state index contributed by atoms with van der Waals surface area (Å²) in [6.07, 6.45) is 0.523. The number of aromatic hydroxyl groups is 1. The van der Waals surface area contributed by atoms with Crippen molar-refractivity contribution in [3.05, 3.63) is 46.4 Å². The van der Waals surface area contributed by atoms with Crippen LogP contribution in [0.3, 0.4) is 0 Å². The van der Waals surface area contributed by atoms with E-state index in [-0.39, 0.29) is 12.4 Å². The molecule has 0 unspecified atom stereocenters. The fraction of sp³-hybridized carbons (Fsp3) is 0.222. The van der Waals surface area contributed by atoms with Crippen LogP contribution in [0.1, 0.15) is 12.5 Å². The smallest absolute Gasteiger partial charge is 0.284 e. The molecule has 8 heteroatoms. The van der Waals surface area contributed by atoms with E-state index < -0.39 is 12.0 Å². The second kappa shape index (κ2) is 8.09. The molecule has 0 saturated carbocycles. The van der Waals surface area contributed by atoms with E-state index in [1.165, 1.54) is 6.21 Å². The summed E-state index contributed by atoms with van der Waals surface area (Å²) in [5.41, 5.74) is 2.79. The van der Waals surface area contributed by atoms with Gasteiger partial charge in [-0.2, -0.15) is 5.10 Å². The zero-order valence-electron chi connectivity index (χ0n) is 13.9. The number of hydrazone groups is 1. The highest BCUT2D eigenvalue weighted by molar-refractivity contribution is 9.10. The monoisotopic (exact) mass is 420 g/mol. The van der Waals surface area contributed by atoms with Gasteiger partial charge in [0, 0.05) is 10.0 Å². The molecule has 1 amide bonds. The molecule has 136 valence electrons. The molecule has 2 N–H and O–H groups in total. The molecule has 0 spiro atoms. The van der Waals surface area contributed by atoms with E-state index >= 15 is 0 Å². The molecule has 2 aromatic rings. The Kier molecular flexibility index (Phi) is 5.62. The van der Waals surface area contributed by atoms with Crippen LogP contribution in [0, 0.1) is 0 Å². The highest BCUT2D eigenvalue weighted by Crippen LogP contribution is 2.33. The van der Waals surface area contributed by atoms with Gasteiger partial charge in [0.1, 0.15) is 6.61 Å². The van der Waals surface area contributed by atoms with Crippen molar-refractivity contribution < 1.29 is 24.1 Å². The molecule has 26 heavy (non-hydrogen) atoms. The fourth-order valence-corrected chi connectivity index (χ4v) is 2.80. The molecule has 0 aromatic heterocycles. The van der Waals surface area contributed by atoms with E-state index in [4.69, 9.17) is 14.2 Å². The molecule has 1 atom stereocenters. The second-order valence-corrected chi connectivity index (χ2v) is 6.29. The number of phenolic OH excluding ortho intramolecular Hbond substituents is 1. The Morgan fingerprint density at radius 1 is 1.42 bits per heavy atom. The van der Waals surface area contributed by atoms with Gasteiger partial charge in [-0.1, -0.05) is 28.1 Å². The molecule has 1 heterocycles. The molecule has 7 nitrogen and oxygen atoms in total. The van der Waals surface area contributed by atoms with Gasteiger partial charge in [-0.3, -0.25) is 4.79 Å². The Bertz CT molecular complexity index is 840. The number of para-hydroxylation sites is 2. The van der Waals surface area contributed by atoms with Crippen molar-refractivity contribution in [2.24, 2.45) is 5.10 Å². The zero-order valence-corrected chi connectivity index (χ0v) is 15.5. The van der Waals surface area contributed by atoms with Gasteiger partial charge < -0.3 is 19.3 Å². The average molecular weight is 421 g/mol. The minimum Gasteiger partial charge on any atom is -0.504 e. The predicted molar refractivity (Wildman–Crippen MR) is 99.1 cm³/mol. The van der Waals surface area contributed by atoms with Crippen LogP contribution < -0.4 is 19.6 Å². The van der Waals surface area contributed by atoms with Crippen molar-refractivity contribution in [2.45, 2.75) is 13.0 Å². The molecule has 0 radical (unpaired) electrons. The number of nitrogens with zero attached hydrogens (tertiary/aromatic N) is 1. The third-order valence-corrected chi connectivity index (χ3v) is 4.01. The highest BCUT2D eigenvalue weighted by Gasteiger charge is 2.27. The molecule has 0 aliphatic carbocycles. The predicted octanol–water partition coefficient (Wildman–Crippen LogP) is 2.84. The van der Waals surface area contributed by atoms with E-state index in [0.717, 1.165) is 0 Å². The lowest BCUT2D eigenvalue weighted by Gasteiger charge is -2.24. The van der Waals surface area contributed by atoms with Crippen molar-refractivity contribution in [3.8, 4) is 23.0 Å². The lowest BCUT2D eigenvalue weighted by molar-refractivity contribution is -0.130. The Morgan fingerprint density at radius 3 is 2.96 bits per heavy atom. The highest BCUT2D eigenvalue weighted by atomic mass is 79.9. The molecular weight excluding hydrogens is 404 g/mol. The summed E-state index contributed by atoms with van der Waals surface area (Å²) in [5.74, 6) is 0.932. The van der Waals surface area contributed by atoms with Crippen LogP contribution in [0.15, 0.2) is 46.0 Å². The molecule has 1 aliphatic rings. The maximum Gasteiger partial charge on any atom is 0.284 e. The van der Waals surface area contributed by atoms with Crippen LogP contribution >= 0.6 is 15.9 Å². The van der Waals surface area contributed by atoms with Gasteiger partial charge in [0.25, 0.3) is 5.91 Å². The van der Waals surface area contributed by atoms with Gasteiger partial charge in [0.2, 0.25) is 6.10 Å². The number of nitrogens with one attached hydrogen (secondary N) is 1. The number of hydrogen-bond donors (Lipinski definition) is 2. The molecule has 1 aliphatic heterocycles. The second-order valence-electron chi connectivity index (χ2n) is 5.37. The third-order valence-electron chi connectivity index (χ3n) is 3.55. The maximum atomic E-state index is 12.2. The topological polar surface area (TPSA) is 89.4 Å². The van der Waals surface area contributed by atoms with Crippen LogP contribution in [0.5, 0.6) is 23.0 Å². The first-order chi connectivity index (χ1) is 12.6. The van der Waals surface area contributed by atoms with Gasteiger partial charge in [-0.15, -0.1) is 0 Å². The summed E-state index contributed by atoms with van der Waals surface area (Å²) in [5, 5.41) is 14.1. The van der Waals surface area contributed by atoms with Gasteiger partial charge in [0.05, 0.1) is 12.8 Å². The first kappa shape index (κ1) is 18.1. The number of phenols is 1. The van der Waals surface area contributed by atoms with Crippen LogP contribution in [0.25, 0.3) is 0 Å². The minimum absolute atomic E-state index is 0.0563. The van der Waals surface area contributed by atoms with E-state index in [1.54, 1.807) is 30.3 Å². The molecule has 0 saturated heterocycles. The SMILES string of the molecule is CCOc1cc(Br)cc(/C=N\NC(=O)[C@H]2COc3ccccc3O2)c1O. The number of amides is 1. The number of hydrogen-bond acceptors (Lipinski definition) is 6. The van der Waals surface area contributed by atoms with Crippen molar-refractivity contribution in [1.29, 1.82) is 0 Å². The normalized spacial score (nSPS) is 15.7. The van der Waals surface area contributed by atoms with Gasteiger partial charge in [-0.05, 0) is 31.2 Å². The van der Waals surface area contributed by atoms with Gasteiger partial charge in [-0.25, -0.2) is 5.43 Å². The Hall–Kier alpha value is -2.74. The van der Waals surface area contributed by atoms with Crippen LogP contribution in [0.2, 0.25) is 0 Å². The first-order valence-corrected chi connectivity index (χ1v) is 8.74. The molecule has 3 rings (SSSR count). The van der Waals surface area contributed by atoms with E-state index in [9.17, 15) is 9.90 Å². The number of rotatable bonds is 5. The van der Waals surface area contributed by atoms with Crippen LogP contribution in [-0.2, 0) is 4.79 Å². The van der Waals surface area contributed by atoms with Crippen molar-refractivity contribution in [2.75, 3.05) is 13.2 Å². The molecule has 0 bridgehead atoms. The standard InChI is InChI=1S/C18H17BrN2O5/c1-2-24-15-8-12(19)7-11(17(15)22)9-20-21-18(23)16-10-25-13-5-3-4-6-14(13)26-16/h3-9,16,22H,2,10H2,1H3,(H,21,23)/b20-9-/t16-/m1/s1. The molecular formula is C18H17BrN2O5. The lowest BCUT2D eigenvalue weighted by atomic mass is 10.2. The summed E-state index contributed by atoms with van der Waals surface area (Å²) in [6.45, 7) is 2.32. The van der Waals surface area contributed by atoms with Crippen molar-refractivity contribution in [3.63, 3.8) is 0 Å². The van der Waals surface area contributed by atoms with Crippen molar-refractivity contribution >= 4 is 28.1 Å². The zero-order chi connectivity index (χ0) is 18.5. The summed E-state index contributed by atoms with van der Waals surface area (Å²) >= 11 is 3.34. The van der Waals surface area contributed by atoms with Gasteiger partial charge >= 0.3 is 0 Å². The number of carbonyl (C=O) groups excluding carboxylic acids is 1. The number of ether oxygens (including phenoxy) is 3. The minimum atomic E-state index is -0.808. The average Bonchev–Trinajstić information content (AvgIpc) is 2.65. The summed E-state index contributed by atoms with van der Waals surface area (Å²) in [7, 11) is 0. The first-order valence-electron chi connectivity index (χ1n) is 7.95. The van der Waals surface area contributed by atoms with Crippen molar-refractivity contribution in [1.82, 2.24) is 5.43 Å². The van der Waals surface area contributed by atoms with Crippen LogP contribution in [-0.4, -0.2) is 36.5 Å². The quantitative estimate of drug-likeness (QED) is 0.573. The lowest BCUT2D eigenvalue weighted by Crippen LogP contribution is -2.42. The summed E-state index contributed by atoms with van der Waals surface area (Å²) < 4.78 is 17.2. The van der Waals surface area contributed by atoms with E-state index in [1.807, 2.05) is 13.0 Å². The Balaban J connectivity index is 1.65. The maximum absolute atomic E-state index is 12.2. The Labute approximate surface area is 158 Å². The number of carbonyl (C=O) groups is 1. The molecule has 0 fully saturated rings. The Morgan fingerprint density at radius 2 is 2.19 bits per heavy atom. The number of fused-ring (bicyclic) bond motifs is 1. The van der Waals surface area contributed by atoms with Gasteiger partial charge in [0.15, 0.2) is 23.0 Å². The molecule has 2 aromatic carbocycles. The van der Waals surface area contributed by atoms with E-state index in [0.29, 0.717) is 33.9 Å². The third kappa shape index (κ3) is 4.08. The fourth-order valence-electron chi connectivity index (χ4n) is 2.34. The summed E-state index contributed by atoms with van der Waals surface area (Å²) in [6, 6.07) is 10.4. The number of halogens is 1. The largest absolute Gasteiger partial charge is 0.504 e. The summed E-state index contributed by atoms with van der Waals surface area (Å²) in [4.78, 5) is 12.2. The van der Waals surface area contributed by atoms with Crippen LogP contribution in [0.4, 0.5) is 0 Å². The number of benzene rings is 2. The van der Waals surface area contributed by atoms with E-state index in [2.05, 4.69) is 26.5 Å².